The number of aliphatic carboxylic acids is 1. The molecule has 2 aliphatic rings. The van der Waals surface area contributed by atoms with Gasteiger partial charge in [-0.25, -0.2) is 9.18 Å². The van der Waals surface area contributed by atoms with Crippen molar-refractivity contribution in [3.63, 3.8) is 0 Å². The zero-order chi connectivity index (χ0) is 18.9. The van der Waals surface area contributed by atoms with Crippen molar-refractivity contribution in [2.24, 2.45) is 5.41 Å². The summed E-state index contributed by atoms with van der Waals surface area (Å²) in [5.41, 5.74) is 0.392. The standard InChI is InChI=1S/C18H21FN2O5/c1-26-16(24)18(11-15(22)23)5-8-20(9-6-18)17(25)21-7-4-12-2-3-13(19)10-14(12)21/h2-3,10H,4-9,11H2,1H3,(H,22,23). The van der Waals surface area contributed by atoms with Gasteiger partial charge in [0.2, 0.25) is 0 Å². The second-order valence-electron chi connectivity index (χ2n) is 6.79. The van der Waals surface area contributed by atoms with E-state index in [0.717, 1.165) is 5.56 Å². The average Bonchev–Trinajstić information content (AvgIpc) is 3.03. The lowest BCUT2D eigenvalue weighted by Crippen LogP contribution is -2.51. The fraction of sp³-hybridized carbons (Fsp3) is 0.500. The van der Waals surface area contributed by atoms with Crippen molar-refractivity contribution in [3.05, 3.63) is 29.6 Å². The predicted octanol–water partition coefficient (Wildman–Crippen LogP) is 2.04. The number of carboxylic acids is 1. The van der Waals surface area contributed by atoms with Crippen molar-refractivity contribution >= 4 is 23.7 Å². The summed E-state index contributed by atoms with van der Waals surface area (Å²) in [6.07, 6.45) is 0.795. The van der Waals surface area contributed by atoms with Crippen molar-refractivity contribution < 1.29 is 28.6 Å². The first-order chi connectivity index (χ1) is 12.4. The summed E-state index contributed by atoms with van der Waals surface area (Å²) in [6.45, 7) is 0.982. The molecule has 2 aliphatic heterocycles. The SMILES string of the molecule is COC(=O)C1(CC(=O)O)CCN(C(=O)N2CCc3ccc(F)cc32)CC1. The van der Waals surface area contributed by atoms with Crippen LogP contribution in [0.5, 0.6) is 0 Å². The molecule has 0 unspecified atom stereocenters. The molecule has 0 atom stereocenters. The van der Waals surface area contributed by atoms with Gasteiger partial charge in [0.05, 0.1) is 24.6 Å². The van der Waals surface area contributed by atoms with E-state index in [9.17, 15) is 18.8 Å². The zero-order valence-electron chi connectivity index (χ0n) is 14.5. The molecule has 0 bridgehead atoms. The number of likely N-dealkylation sites (tertiary alicyclic amines) is 1. The van der Waals surface area contributed by atoms with Gasteiger partial charge in [-0.1, -0.05) is 6.07 Å². The van der Waals surface area contributed by atoms with Crippen LogP contribution in [0, 0.1) is 11.2 Å². The Morgan fingerprint density at radius 1 is 1.23 bits per heavy atom. The molecule has 2 amide bonds. The summed E-state index contributed by atoms with van der Waals surface area (Å²) in [5.74, 6) is -2.02. The van der Waals surface area contributed by atoms with E-state index >= 15 is 0 Å². The van der Waals surface area contributed by atoms with Gasteiger partial charge < -0.3 is 14.7 Å². The molecule has 0 saturated carbocycles. The van der Waals surface area contributed by atoms with Crippen LogP contribution in [0.1, 0.15) is 24.8 Å². The fourth-order valence-corrected chi connectivity index (χ4v) is 3.81. The van der Waals surface area contributed by atoms with E-state index in [0.29, 0.717) is 18.7 Å². The van der Waals surface area contributed by atoms with E-state index in [1.54, 1.807) is 15.9 Å². The number of piperidine rings is 1. The number of anilines is 1. The number of halogens is 1. The van der Waals surface area contributed by atoms with Crippen LogP contribution >= 0.6 is 0 Å². The van der Waals surface area contributed by atoms with Gasteiger partial charge in [0.15, 0.2) is 0 Å². The molecule has 3 rings (SSSR count). The molecule has 0 aromatic heterocycles. The Bertz CT molecular complexity index is 743. The molecule has 1 aromatic rings. The van der Waals surface area contributed by atoms with Crippen LogP contribution in [0.3, 0.4) is 0 Å². The number of hydrogen-bond donors (Lipinski definition) is 1. The van der Waals surface area contributed by atoms with E-state index in [1.807, 2.05) is 0 Å². The Morgan fingerprint density at radius 3 is 2.54 bits per heavy atom. The Balaban J connectivity index is 1.72. The van der Waals surface area contributed by atoms with Gasteiger partial charge in [-0.2, -0.15) is 0 Å². The third-order valence-electron chi connectivity index (χ3n) is 5.27. The lowest BCUT2D eigenvalue weighted by molar-refractivity contribution is -0.161. The Labute approximate surface area is 150 Å². The van der Waals surface area contributed by atoms with Gasteiger partial charge in [0.25, 0.3) is 0 Å². The molecule has 8 heteroatoms. The third kappa shape index (κ3) is 3.23. The molecule has 26 heavy (non-hydrogen) atoms. The van der Waals surface area contributed by atoms with Crippen LogP contribution in [0.25, 0.3) is 0 Å². The highest BCUT2D eigenvalue weighted by Crippen LogP contribution is 2.37. The molecule has 1 saturated heterocycles. The molecule has 0 aliphatic carbocycles. The molecular formula is C18H21FN2O5. The number of esters is 1. The van der Waals surface area contributed by atoms with E-state index in [1.165, 1.54) is 19.2 Å². The summed E-state index contributed by atoms with van der Waals surface area (Å²) < 4.78 is 18.3. The topological polar surface area (TPSA) is 87.1 Å². The minimum Gasteiger partial charge on any atom is -0.481 e. The molecule has 1 aromatic carbocycles. The van der Waals surface area contributed by atoms with E-state index < -0.39 is 23.2 Å². The number of amides is 2. The molecule has 0 spiro atoms. The highest BCUT2D eigenvalue weighted by atomic mass is 19.1. The summed E-state index contributed by atoms with van der Waals surface area (Å²) in [6, 6.07) is 4.17. The van der Waals surface area contributed by atoms with Crippen LogP contribution in [0.4, 0.5) is 14.9 Å². The summed E-state index contributed by atoms with van der Waals surface area (Å²) in [7, 11) is 1.24. The van der Waals surface area contributed by atoms with Gasteiger partial charge in [0, 0.05) is 19.6 Å². The normalized spacial score (nSPS) is 18.4. The van der Waals surface area contributed by atoms with Crippen LogP contribution in [-0.4, -0.2) is 54.7 Å². The quantitative estimate of drug-likeness (QED) is 0.830. The number of carbonyl (C=O) groups is 3. The van der Waals surface area contributed by atoms with E-state index in [2.05, 4.69) is 0 Å². The Kier molecular flexibility index (Phi) is 4.84. The Morgan fingerprint density at radius 2 is 1.92 bits per heavy atom. The number of hydrogen-bond acceptors (Lipinski definition) is 4. The molecular weight excluding hydrogens is 343 g/mol. The molecule has 2 heterocycles. The first kappa shape index (κ1) is 18.2. The van der Waals surface area contributed by atoms with Crippen LogP contribution in [0.2, 0.25) is 0 Å². The first-order valence-corrected chi connectivity index (χ1v) is 8.51. The minimum absolute atomic E-state index is 0.224. The van der Waals surface area contributed by atoms with Crippen LogP contribution in [0.15, 0.2) is 18.2 Å². The number of fused-ring (bicyclic) bond motifs is 1. The van der Waals surface area contributed by atoms with Gasteiger partial charge >= 0.3 is 18.0 Å². The van der Waals surface area contributed by atoms with Crippen LogP contribution < -0.4 is 4.90 Å². The highest BCUT2D eigenvalue weighted by molar-refractivity contribution is 5.94. The lowest BCUT2D eigenvalue weighted by Gasteiger charge is -2.40. The number of methoxy groups -OCH3 is 1. The smallest absolute Gasteiger partial charge is 0.324 e. The van der Waals surface area contributed by atoms with Gasteiger partial charge in [-0.05, 0) is 37.0 Å². The van der Waals surface area contributed by atoms with E-state index in [-0.39, 0.29) is 38.4 Å². The number of ether oxygens (including phenoxy) is 1. The number of carbonyl (C=O) groups excluding carboxylic acids is 2. The Hall–Kier alpha value is -2.64. The van der Waals surface area contributed by atoms with Crippen molar-refractivity contribution in [1.29, 1.82) is 0 Å². The molecule has 0 radical (unpaired) electrons. The van der Waals surface area contributed by atoms with Gasteiger partial charge in [-0.3, -0.25) is 14.5 Å². The fourth-order valence-electron chi connectivity index (χ4n) is 3.81. The van der Waals surface area contributed by atoms with E-state index in [4.69, 9.17) is 9.84 Å². The minimum atomic E-state index is -1.10. The summed E-state index contributed by atoms with van der Waals surface area (Å²) in [5, 5.41) is 9.13. The average molecular weight is 364 g/mol. The molecule has 140 valence electrons. The number of urea groups is 1. The van der Waals surface area contributed by atoms with Crippen molar-refractivity contribution in [3.8, 4) is 0 Å². The third-order valence-corrected chi connectivity index (χ3v) is 5.27. The number of rotatable bonds is 3. The molecule has 7 nitrogen and oxygen atoms in total. The molecule has 1 N–H and O–H groups in total. The maximum Gasteiger partial charge on any atom is 0.324 e. The van der Waals surface area contributed by atoms with Crippen molar-refractivity contribution in [2.45, 2.75) is 25.7 Å². The van der Waals surface area contributed by atoms with Crippen LogP contribution in [-0.2, 0) is 20.7 Å². The second kappa shape index (κ2) is 6.93. The predicted molar refractivity (Wildman–Crippen MR) is 90.4 cm³/mol. The summed E-state index contributed by atoms with van der Waals surface area (Å²) >= 11 is 0. The maximum atomic E-state index is 13.5. The van der Waals surface area contributed by atoms with Crippen molar-refractivity contribution in [2.75, 3.05) is 31.6 Å². The largest absolute Gasteiger partial charge is 0.481 e. The van der Waals surface area contributed by atoms with Crippen molar-refractivity contribution in [1.82, 2.24) is 4.90 Å². The monoisotopic (exact) mass is 364 g/mol. The second-order valence-corrected chi connectivity index (χ2v) is 6.79. The maximum absolute atomic E-state index is 13.5. The van der Waals surface area contributed by atoms with Gasteiger partial charge in [-0.15, -0.1) is 0 Å². The van der Waals surface area contributed by atoms with Gasteiger partial charge in [0.1, 0.15) is 5.82 Å². The highest BCUT2D eigenvalue weighted by Gasteiger charge is 2.45. The zero-order valence-corrected chi connectivity index (χ0v) is 14.5. The molecule has 1 fully saturated rings. The number of carboxylic acid groups (broad SMARTS) is 1. The first-order valence-electron chi connectivity index (χ1n) is 8.51. The summed E-state index contributed by atoms with van der Waals surface area (Å²) in [4.78, 5) is 39.2. The lowest BCUT2D eigenvalue weighted by atomic mass is 9.75. The number of benzene rings is 1. The number of nitrogens with zero attached hydrogens (tertiary/aromatic N) is 2.